The fourth-order valence-electron chi connectivity index (χ4n) is 3.03. The van der Waals surface area contributed by atoms with E-state index in [2.05, 4.69) is 36.2 Å². The minimum absolute atomic E-state index is 0.206. The number of carbonyl (C=O) groups excluding carboxylic acids is 1. The van der Waals surface area contributed by atoms with Gasteiger partial charge in [-0.05, 0) is 39.0 Å². The first-order chi connectivity index (χ1) is 11.9. The molecule has 0 atom stereocenters. The molecule has 25 heavy (non-hydrogen) atoms. The number of nitrogens with zero attached hydrogens (tertiary/aromatic N) is 3. The maximum atomic E-state index is 12.8. The molecular formula is C18H16BrN5O. The first kappa shape index (κ1) is 15.8. The average molecular weight is 398 g/mol. The Labute approximate surface area is 152 Å². The molecule has 6 nitrogen and oxygen atoms in total. The summed E-state index contributed by atoms with van der Waals surface area (Å²) in [7, 11) is 0. The van der Waals surface area contributed by atoms with Crippen molar-refractivity contribution in [3.8, 4) is 0 Å². The van der Waals surface area contributed by atoms with Crippen LogP contribution in [0.25, 0.3) is 16.6 Å². The lowest BCUT2D eigenvalue weighted by molar-refractivity contribution is 0.102. The molecule has 0 aliphatic rings. The highest BCUT2D eigenvalue weighted by Gasteiger charge is 2.15. The molecule has 0 saturated carbocycles. The van der Waals surface area contributed by atoms with Crippen LogP contribution in [0, 0.1) is 20.8 Å². The van der Waals surface area contributed by atoms with Gasteiger partial charge in [-0.3, -0.25) is 4.79 Å². The number of fused-ring (bicyclic) bond motifs is 2. The van der Waals surface area contributed by atoms with Crippen LogP contribution < -0.4 is 5.32 Å². The first-order valence-electron chi connectivity index (χ1n) is 7.84. The normalized spacial score (nSPS) is 11.4. The maximum Gasteiger partial charge on any atom is 0.258 e. The molecule has 3 aromatic heterocycles. The van der Waals surface area contributed by atoms with Crippen molar-refractivity contribution in [3.05, 3.63) is 57.7 Å². The molecule has 1 amide bonds. The quantitative estimate of drug-likeness (QED) is 0.533. The van der Waals surface area contributed by atoms with Gasteiger partial charge in [0.05, 0.1) is 28.7 Å². The summed E-state index contributed by atoms with van der Waals surface area (Å²) in [6.45, 7) is 5.77. The molecular weight excluding hydrogens is 382 g/mol. The number of nitrogens with one attached hydrogen (secondary N) is 2. The Morgan fingerprint density at radius 1 is 1.20 bits per heavy atom. The van der Waals surface area contributed by atoms with Gasteiger partial charge in [-0.25, -0.2) is 9.97 Å². The highest BCUT2D eigenvalue weighted by Crippen LogP contribution is 2.28. The van der Waals surface area contributed by atoms with E-state index in [1.807, 2.05) is 43.5 Å². The van der Waals surface area contributed by atoms with Gasteiger partial charge in [0.1, 0.15) is 5.82 Å². The molecule has 0 saturated heterocycles. The lowest BCUT2D eigenvalue weighted by atomic mass is 10.1. The van der Waals surface area contributed by atoms with Crippen molar-refractivity contribution in [1.29, 1.82) is 0 Å². The van der Waals surface area contributed by atoms with Gasteiger partial charge in [-0.15, -0.1) is 0 Å². The van der Waals surface area contributed by atoms with Gasteiger partial charge >= 0.3 is 0 Å². The zero-order valence-corrected chi connectivity index (χ0v) is 15.6. The third-order valence-electron chi connectivity index (χ3n) is 4.09. The van der Waals surface area contributed by atoms with Gasteiger partial charge in [-0.1, -0.05) is 15.9 Å². The lowest BCUT2D eigenvalue weighted by Crippen LogP contribution is -2.14. The summed E-state index contributed by atoms with van der Waals surface area (Å²) in [5.41, 5.74) is 4.85. The van der Waals surface area contributed by atoms with E-state index in [0.717, 1.165) is 38.1 Å². The van der Waals surface area contributed by atoms with E-state index in [0.29, 0.717) is 11.4 Å². The Bertz CT molecular complexity index is 1140. The molecule has 126 valence electrons. The Morgan fingerprint density at radius 3 is 2.80 bits per heavy atom. The standard InChI is InChI=1S/C18H16BrN5O/c1-9-6-13-14(19)5-4-12(16(13)20-9)18(25)23-15-8-24-7-10(2)21-17(24)11(3)22-15/h4-8,20H,1-3H3,(H,23,25). The smallest absolute Gasteiger partial charge is 0.258 e. The predicted octanol–water partition coefficient (Wildman–Crippen LogP) is 4.15. The van der Waals surface area contributed by atoms with E-state index >= 15 is 0 Å². The number of carbonyl (C=O) groups is 1. The fraction of sp³-hybridized carbons (Fsp3) is 0.167. The number of hydrogen-bond acceptors (Lipinski definition) is 3. The van der Waals surface area contributed by atoms with Crippen LogP contribution in [-0.4, -0.2) is 25.3 Å². The lowest BCUT2D eigenvalue weighted by Gasteiger charge is -2.08. The topological polar surface area (TPSA) is 75.1 Å². The number of anilines is 1. The minimum atomic E-state index is -0.206. The molecule has 0 spiro atoms. The molecule has 0 unspecified atom stereocenters. The molecule has 4 aromatic rings. The van der Waals surface area contributed by atoms with Crippen molar-refractivity contribution in [1.82, 2.24) is 19.4 Å². The van der Waals surface area contributed by atoms with E-state index in [9.17, 15) is 4.79 Å². The van der Waals surface area contributed by atoms with Crippen molar-refractivity contribution in [2.45, 2.75) is 20.8 Å². The number of amides is 1. The molecule has 0 radical (unpaired) electrons. The van der Waals surface area contributed by atoms with Gasteiger partial charge < -0.3 is 14.7 Å². The molecule has 7 heteroatoms. The molecule has 0 fully saturated rings. The number of hydrogen-bond donors (Lipinski definition) is 2. The number of aromatic amines is 1. The highest BCUT2D eigenvalue weighted by atomic mass is 79.9. The number of halogens is 1. The summed E-state index contributed by atoms with van der Waals surface area (Å²) < 4.78 is 2.83. The number of aryl methyl sites for hydroxylation is 3. The van der Waals surface area contributed by atoms with Crippen molar-refractivity contribution < 1.29 is 4.79 Å². The van der Waals surface area contributed by atoms with Crippen molar-refractivity contribution >= 4 is 44.2 Å². The fourth-order valence-corrected chi connectivity index (χ4v) is 3.47. The summed E-state index contributed by atoms with van der Waals surface area (Å²) in [4.78, 5) is 24.9. The third-order valence-corrected chi connectivity index (χ3v) is 4.78. The monoisotopic (exact) mass is 397 g/mol. The minimum Gasteiger partial charge on any atom is -0.358 e. The summed E-state index contributed by atoms with van der Waals surface area (Å²) in [5.74, 6) is 0.286. The molecule has 1 aromatic carbocycles. The number of H-pyrrole nitrogens is 1. The Kier molecular flexibility index (Phi) is 3.61. The van der Waals surface area contributed by atoms with Crippen LogP contribution in [0.5, 0.6) is 0 Å². The van der Waals surface area contributed by atoms with Crippen LogP contribution in [0.4, 0.5) is 5.82 Å². The molecule has 0 aliphatic heterocycles. The van der Waals surface area contributed by atoms with Gasteiger partial charge in [-0.2, -0.15) is 0 Å². The van der Waals surface area contributed by atoms with Gasteiger partial charge in [0.25, 0.3) is 5.91 Å². The summed E-state index contributed by atoms with van der Waals surface area (Å²) >= 11 is 3.52. The van der Waals surface area contributed by atoms with Crippen LogP contribution in [0.1, 0.15) is 27.4 Å². The van der Waals surface area contributed by atoms with Crippen molar-refractivity contribution in [3.63, 3.8) is 0 Å². The summed E-state index contributed by atoms with van der Waals surface area (Å²) in [6, 6.07) is 5.69. The highest BCUT2D eigenvalue weighted by molar-refractivity contribution is 9.10. The number of benzene rings is 1. The second-order valence-corrected chi connectivity index (χ2v) is 6.97. The second-order valence-electron chi connectivity index (χ2n) is 6.11. The van der Waals surface area contributed by atoms with Gasteiger partial charge in [0, 0.05) is 21.7 Å². The Balaban J connectivity index is 1.74. The molecule has 0 bridgehead atoms. The number of imidazole rings is 1. The van der Waals surface area contributed by atoms with E-state index in [-0.39, 0.29) is 5.91 Å². The number of rotatable bonds is 2. The first-order valence-corrected chi connectivity index (χ1v) is 8.64. The Hall–Kier alpha value is -2.67. The van der Waals surface area contributed by atoms with Crippen LogP contribution in [0.3, 0.4) is 0 Å². The predicted molar refractivity (Wildman–Crippen MR) is 101 cm³/mol. The molecule has 2 N–H and O–H groups in total. The summed E-state index contributed by atoms with van der Waals surface area (Å²) in [5, 5.41) is 3.87. The maximum absolute atomic E-state index is 12.8. The third kappa shape index (κ3) is 2.70. The summed E-state index contributed by atoms with van der Waals surface area (Å²) in [6.07, 6.45) is 3.68. The Morgan fingerprint density at radius 2 is 2.00 bits per heavy atom. The van der Waals surface area contributed by atoms with E-state index in [4.69, 9.17) is 0 Å². The second kappa shape index (κ2) is 5.70. The van der Waals surface area contributed by atoms with Gasteiger partial charge in [0.15, 0.2) is 5.65 Å². The molecule has 3 heterocycles. The largest absolute Gasteiger partial charge is 0.358 e. The van der Waals surface area contributed by atoms with E-state index in [1.54, 1.807) is 12.3 Å². The van der Waals surface area contributed by atoms with Crippen LogP contribution in [0.15, 0.2) is 35.1 Å². The number of aromatic nitrogens is 4. The van der Waals surface area contributed by atoms with Crippen LogP contribution in [-0.2, 0) is 0 Å². The van der Waals surface area contributed by atoms with Gasteiger partial charge in [0.2, 0.25) is 0 Å². The van der Waals surface area contributed by atoms with Crippen LogP contribution in [0.2, 0.25) is 0 Å². The van der Waals surface area contributed by atoms with E-state index in [1.165, 1.54) is 0 Å². The van der Waals surface area contributed by atoms with Crippen molar-refractivity contribution in [2.75, 3.05) is 5.32 Å². The SMILES string of the molecule is Cc1cn2cc(NC(=O)c3ccc(Br)c4cc(C)[nH]c34)nc(C)c2n1. The van der Waals surface area contributed by atoms with Crippen LogP contribution >= 0.6 is 15.9 Å². The zero-order valence-electron chi connectivity index (χ0n) is 14.0. The average Bonchev–Trinajstić information content (AvgIpc) is 3.10. The zero-order chi connectivity index (χ0) is 17.7. The van der Waals surface area contributed by atoms with E-state index < -0.39 is 0 Å². The van der Waals surface area contributed by atoms with Crippen molar-refractivity contribution in [2.24, 2.45) is 0 Å². The molecule has 0 aliphatic carbocycles. The molecule has 4 rings (SSSR count).